The van der Waals surface area contributed by atoms with Crippen molar-refractivity contribution in [3.05, 3.63) is 35.6 Å². The van der Waals surface area contributed by atoms with Crippen molar-refractivity contribution in [1.29, 1.82) is 0 Å². The molecule has 1 fully saturated rings. The van der Waals surface area contributed by atoms with E-state index in [1.165, 1.54) is 17.0 Å². The largest absolute Gasteiger partial charge is 0.465 e. The number of nitrogens with one attached hydrogen (secondary N) is 1. The Balaban J connectivity index is 1.98. The Morgan fingerprint density at radius 3 is 2.59 bits per heavy atom. The van der Waals surface area contributed by atoms with Crippen LogP contribution in [0.2, 0.25) is 0 Å². The van der Waals surface area contributed by atoms with E-state index in [-0.39, 0.29) is 43.7 Å². The molecule has 120 valence electrons. The van der Waals surface area contributed by atoms with Crippen LogP contribution in [0.15, 0.2) is 24.3 Å². The summed E-state index contributed by atoms with van der Waals surface area (Å²) in [4.78, 5) is 24.5. The number of amides is 2. The van der Waals surface area contributed by atoms with Gasteiger partial charge < -0.3 is 21.1 Å². The molecule has 1 saturated heterocycles. The minimum atomic E-state index is -1.09. The Labute approximate surface area is 128 Å². The predicted octanol–water partition coefficient (Wildman–Crippen LogP) is 1.47. The van der Waals surface area contributed by atoms with Crippen LogP contribution in [0.25, 0.3) is 0 Å². The normalized spacial score (nSPS) is 18.6. The molecule has 4 N–H and O–H groups in total. The first kappa shape index (κ1) is 16.2. The monoisotopic (exact) mass is 309 g/mol. The number of halogens is 1. The second-order valence-corrected chi connectivity index (χ2v) is 5.68. The lowest BCUT2D eigenvalue weighted by Gasteiger charge is -2.37. The van der Waals surface area contributed by atoms with Crippen molar-refractivity contribution in [2.45, 2.75) is 31.3 Å². The molecule has 1 aliphatic rings. The number of rotatable bonds is 3. The molecule has 2 rings (SSSR count). The van der Waals surface area contributed by atoms with Gasteiger partial charge >= 0.3 is 6.09 Å². The van der Waals surface area contributed by atoms with Gasteiger partial charge in [0.2, 0.25) is 5.91 Å². The summed E-state index contributed by atoms with van der Waals surface area (Å²) < 4.78 is 13.2. The van der Waals surface area contributed by atoms with Gasteiger partial charge in [-0.1, -0.05) is 12.1 Å². The lowest BCUT2D eigenvalue weighted by atomic mass is 9.87. The second-order valence-electron chi connectivity index (χ2n) is 5.68. The van der Waals surface area contributed by atoms with Crippen LogP contribution in [-0.4, -0.2) is 40.6 Å². The number of hydrogen-bond acceptors (Lipinski definition) is 3. The molecule has 0 radical (unpaired) electrons. The van der Waals surface area contributed by atoms with E-state index in [0.717, 1.165) is 0 Å². The Kier molecular flexibility index (Phi) is 4.65. The van der Waals surface area contributed by atoms with Crippen molar-refractivity contribution in [3.63, 3.8) is 0 Å². The summed E-state index contributed by atoms with van der Waals surface area (Å²) in [7, 11) is 0. The van der Waals surface area contributed by atoms with Gasteiger partial charge in [-0.3, -0.25) is 4.79 Å². The standard InChI is InChI=1S/C15H20FN3O3/c1-10(11-3-2-4-12(16)9-11)18-13(20)15(17)5-7-19(8-6-15)14(21)22/h2-4,9-10H,5-8,17H2,1H3,(H,18,20)(H,21,22)/t10-/m0/s1. The summed E-state index contributed by atoms with van der Waals surface area (Å²) in [6.45, 7) is 2.21. The highest BCUT2D eigenvalue weighted by Gasteiger charge is 2.39. The topological polar surface area (TPSA) is 95.7 Å². The maximum absolute atomic E-state index is 13.2. The highest BCUT2D eigenvalue weighted by atomic mass is 19.1. The lowest BCUT2D eigenvalue weighted by Crippen LogP contribution is -2.60. The summed E-state index contributed by atoms with van der Waals surface area (Å²) in [5.41, 5.74) is 5.68. The van der Waals surface area contributed by atoms with E-state index in [1.807, 2.05) is 0 Å². The molecule has 0 aliphatic carbocycles. The number of piperidine rings is 1. The van der Waals surface area contributed by atoms with E-state index < -0.39 is 11.6 Å². The minimum Gasteiger partial charge on any atom is -0.465 e. The van der Waals surface area contributed by atoms with Crippen LogP contribution in [0.5, 0.6) is 0 Å². The lowest BCUT2D eigenvalue weighted by molar-refractivity contribution is -0.128. The van der Waals surface area contributed by atoms with Crippen LogP contribution in [0.3, 0.4) is 0 Å². The fourth-order valence-electron chi connectivity index (χ4n) is 2.52. The zero-order valence-corrected chi connectivity index (χ0v) is 12.4. The molecule has 22 heavy (non-hydrogen) atoms. The van der Waals surface area contributed by atoms with Gasteiger partial charge in [0.25, 0.3) is 0 Å². The maximum atomic E-state index is 13.2. The third-order valence-electron chi connectivity index (χ3n) is 4.07. The molecule has 0 spiro atoms. The fraction of sp³-hybridized carbons (Fsp3) is 0.467. The van der Waals surface area contributed by atoms with Gasteiger partial charge in [0.05, 0.1) is 11.6 Å². The summed E-state index contributed by atoms with van der Waals surface area (Å²) in [6, 6.07) is 5.63. The van der Waals surface area contributed by atoms with E-state index in [4.69, 9.17) is 10.8 Å². The fourth-order valence-corrected chi connectivity index (χ4v) is 2.52. The molecule has 1 heterocycles. The molecule has 0 saturated carbocycles. The maximum Gasteiger partial charge on any atom is 0.407 e. The summed E-state index contributed by atoms with van der Waals surface area (Å²) in [5, 5.41) is 11.7. The number of hydrogen-bond donors (Lipinski definition) is 3. The van der Waals surface area contributed by atoms with Crippen LogP contribution in [-0.2, 0) is 4.79 Å². The van der Waals surface area contributed by atoms with Crippen molar-refractivity contribution < 1.29 is 19.1 Å². The summed E-state index contributed by atoms with van der Waals surface area (Å²) in [6.07, 6.45) is -0.474. The molecule has 0 aromatic heterocycles. The molecular formula is C15H20FN3O3. The second kappa shape index (κ2) is 6.31. The Bertz CT molecular complexity index is 571. The van der Waals surface area contributed by atoms with Gasteiger partial charge in [-0.2, -0.15) is 0 Å². The average molecular weight is 309 g/mol. The molecule has 1 aromatic carbocycles. The molecule has 6 nitrogen and oxygen atoms in total. The van der Waals surface area contributed by atoms with Crippen LogP contribution in [0.1, 0.15) is 31.4 Å². The van der Waals surface area contributed by atoms with Crippen molar-refractivity contribution >= 4 is 12.0 Å². The molecule has 7 heteroatoms. The smallest absolute Gasteiger partial charge is 0.407 e. The third-order valence-corrected chi connectivity index (χ3v) is 4.07. The van der Waals surface area contributed by atoms with Gasteiger partial charge in [-0.25, -0.2) is 9.18 Å². The molecular weight excluding hydrogens is 289 g/mol. The Hall–Kier alpha value is -2.15. The first-order chi connectivity index (χ1) is 10.3. The van der Waals surface area contributed by atoms with Crippen LogP contribution in [0.4, 0.5) is 9.18 Å². The van der Waals surface area contributed by atoms with Gasteiger partial charge in [0, 0.05) is 13.1 Å². The number of carbonyl (C=O) groups excluding carboxylic acids is 1. The highest BCUT2D eigenvalue weighted by Crippen LogP contribution is 2.22. The van der Waals surface area contributed by atoms with Gasteiger partial charge in [-0.15, -0.1) is 0 Å². The number of benzene rings is 1. The highest BCUT2D eigenvalue weighted by molar-refractivity contribution is 5.86. The van der Waals surface area contributed by atoms with E-state index in [2.05, 4.69) is 5.32 Å². The average Bonchev–Trinajstić information content (AvgIpc) is 2.47. The molecule has 0 bridgehead atoms. The Morgan fingerprint density at radius 1 is 1.41 bits per heavy atom. The first-order valence-electron chi connectivity index (χ1n) is 7.15. The third kappa shape index (κ3) is 3.54. The van der Waals surface area contributed by atoms with Crippen molar-refractivity contribution in [1.82, 2.24) is 10.2 Å². The van der Waals surface area contributed by atoms with E-state index in [9.17, 15) is 14.0 Å². The van der Waals surface area contributed by atoms with E-state index in [1.54, 1.807) is 19.1 Å². The van der Waals surface area contributed by atoms with Crippen LogP contribution < -0.4 is 11.1 Å². The molecule has 1 atom stereocenters. The SMILES string of the molecule is C[C@H](NC(=O)C1(N)CCN(C(=O)O)CC1)c1cccc(F)c1. The van der Waals surface area contributed by atoms with Gasteiger partial charge in [0.15, 0.2) is 0 Å². The zero-order valence-electron chi connectivity index (χ0n) is 12.4. The molecule has 2 amide bonds. The number of carbonyl (C=O) groups is 2. The van der Waals surface area contributed by atoms with Crippen molar-refractivity contribution in [3.8, 4) is 0 Å². The first-order valence-corrected chi connectivity index (χ1v) is 7.15. The molecule has 1 aromatic rings. The summed E-state index contributed by atoms with van der Waals surface area (Å²) in [5.74, 6) is -0.704. The van der Waals surface area contributed by atoms with Crippen LogP contribution >= 0.6 is 0 Å². The van der Waals surface area contributed by atoms with Gasteiger partial charge in [-0.05, 0) is 37.5 Å². The minimum absolute atomic E-state index is 0.230. The number of carboxylic acid groups (broad SMARTS) is 1. The van der Waals surface area contributed by atoms with Crippen molar-refractivity contribution in [2.24, 2.45) is 5.73 Å². The number of nitrogens with two attached hydrogens (primary N) is 1. The molecule has 0 unspecified atom stereocenters. The number of likely N-dealkylation sites (tertiary alicyclic amines) is 1. The predicted molar refractivity (Wildman–Crippen MR) is 78.7 cm³/mol. The summed E-state index contributed by atoms with van der Waals surface area (Å²) >= 11 is 0. The zero-order chi connectivity index (χ0) is 16.3. The van der Waals surface area contributed by atoms with Crippen molar-refractivity contribution in [2.75, 3.05) is 13.1 Å². The Morgan fingerprint density at radius 2 is 2.05 bits per heavy atom. The van der Waals surface area contributed by atoms with E-state index in [0.29, 0.717) is 5.56 Å². The quantitative estimate of drug-likeness (QED) is 0.788. The molecule has 1 aliphatic heterocycles. The number of nitrogens with zero attached hydrogens (tertiary/aromatic N) is 1. The van der Waals surface area contributed by atoms with E-state index >= 15 is 0 Å². The van der Waals surface area contributed by atoms with Crippen LogP contribution in [0, 0.1) is 5.82 Å². The van der Waals surface area contributed by atoms with Gasteiger partial charge in [0.1, 0.15) is 5.82 Å².